The predicted octanol–water partition coefficient (Wildman–Crippen LogP) is 3.91. The standard InChI is InChI=1S/C17H22O2/c1-15(18)19-13-12-17(10-6-3-7-11-17)14-16-8-4-2-5-9-16/h2,4-6,8-10H,3,7,11-14H2,1H3. The Morgan fingerprint density at radius 2 is 2.11 bits per heavy atom. The van der Waals surface area contributed by atoms with E-state index in [-0.39, 0.29) is 11.4 Å². The zero-order valence-corrected chi connectivity index (χ0v) is 11.6. The average Bonchev–Trinajstić information content (AvgIpc) is 2.40. The van der Waals surface area contributed by atoms with Crippen molar-refractivity contribution in [3.63, 3.8) is 0 Å². The summed E-state index contributed by atoms with van der Waals surface area (Å²) in [7, 11) is 0. The maximum Gasteiger partial charge on any atom is 0.302 e. The van der Waals surface area contributed by atoms with Crippen molar-refractivity contribution in [2.75, 3.05) is 6.61 Å². The monoisotopic (exact) mass is 258 g/mol. The third-order valence-corrected chi connectivity index (χ3v) is 3.82. The summed E-state index contributed by atoms with van der Waals surface area (Å²) in [6.07, 6.45) is 10.1. The number of rotatable bonds is 5. The van der Waals surface area contributed by atoms with Crippen LogP contribution >= 0.6 is 0 Å². The van der Waals surface area contributed by atoms with E-state index in [9.17, 15) is 4.79 Å². The number of carbonyl (C=O) groups excluding carboxylic acids is 1. The van der Waals surface area contributed by atoms with Crippen LogP contribution < -0.4 is 0 Å². The van der Waals surface area contributed by atoms with Gasteiger partial charge >= 0.3 is 5.97 Å². The normalized spacial score (nSPS) is 22.2. The highest BCUT2D eigenvalue weighted by atomic mass is 16.5. The van der Waals surface area contributed by atoms with Gasteiger partial charge in [-0.05, 0) is 43.1 Å². The number of carbonyl (C=O) groups is 1. The summed E-state index contributed by atoms with van der Waals surface area (Å²) in [6.45, 7) is 1.99. The highest BCUT2D eigenvalue weighted by Gasteiger charge is 2.28. The third-order valence-electron chi connectivity index (χ3n) is 3.82. The second kappa shape index (κ2) is 6.55. The second-order valence-corrected chi connectivity index (χ2v) is 5.41. The van der Waals surface area contributed by atoms with Gasteiger partial charge in [0.2, 0.25) is 0 Å². The first-order valence-electron chi connectivity index (χ1n) is 7.05. The number of esters is 1. The molecule has 0 saturated carbocycles. The summed E-state index contributed by atoms with van der Waals surface area (Å²) in [5.74, 6) is -0.186. The van der Waals surface area contributed by atoms with Crippen LogP contribution in [0.3, 0.4) is 0 Å². The minimum absolute atomic E-state index is 0.162. The molecular weight excluding hydrogens is 236 g/mol. The second-order valence-electron chi connectivity index (χ2n) is 5.41. The Kier molecular flexibility index (Phi) is 4.78. The smallest absolute Gasteiger partial charge is 0.302 e. The van der Waals surface area contributed by atoms with E-state index in [0.29, 0.717) is 6.61 Å². The summed E-state index contributed by atoms with van der Waals surface area (Å²) in [5.41, 5.74) is 1.52. The largest absolute Gasteiger partial charge is 0.466 e. The topological polar surface area (TPSA) is 26.3 Å². The third kappa shape index (κ3) is 4.23. The Hall–Kier alpha value is -1.57. The van der Waals surface area contributed by atoms with Crippen LogP contribution in [0.2, 0.25) is 0 Å². The van der Waals surface area contributed by atoms with Crippen LogP contribution in [0, 0.1) is 5.41 Å². The molecule has 1 unspecified atom stereocenters. The van der Waals surface area contributed by atoms with Gasteiger partial charge in [0.15, 0.2) is 0 Å². The van der Waals surface area contributed by atoms with Gasteiger partial charge in [0, 0.05) is 6.92 Å². The molecule has 0 bridgehead atoms. The fourth-order valence-electron chi connectivity index (χ4n) is 2.83. The first kappa shape index (κ1) is 13.9. The van der Waals surface area contributed by atoms with Gasteiger partial charge in [0.25, 0.3) is 0 Å². The fourth-order valence-corrected chi connectivity index (χ4v) is 2.83. The summed E-state index contributed by atoms with van der Waals surface area (Å²) < 4.78 is 5.13. The Balaban J connectivity index is 2.04. The molecule has 0 aromatic heterocycles. The molecule has 2 nitrogen and oxygen atoms in total. The van der Waals surface area contributed by atoms with Gasteiger partial charge in [-0.1, -0.05) is 42.5 Å². The molecule has 0 aliphatic heterocycles. The molecule has 1 aromatic carbocycles. The molecule has 0 amide bonds. The molecule has 2 heteroatoms. The van der Waals surface area contributed by atoms with Crippen LogP contribution in [-0.2, 0) is 16.0 Å². The van der Waals surface area contributed by atoms with Gasteiger partial charge in [-0.25, -0.2) is 0 Å². The summed E-state index contributed by atoms with van der Waals surface area (Å²) in [5, 5.41) is 0. The average molecular weight is 258 g/mol. The molecule has 102 valence electrons. The number of hydrogen-bond donors (Lipinski definition) is 0. The molecule has 0 saturated heterocycles. The van der Waals surface area contributed by atoms with Crippen molar-refractivity contribution in [3.05, 3.63) is 48.0 Å². The molecule has 1 aliphatic carbocycles. The molecule has 0 N–H and O–H groups in total. The van der Waals surface area contributed by atoms with Gasteiger partial charge < -0.3 is 4.74 Å². The lowest BCUT2D eigenvalue weighted by molar-refractivity contribution is -0.141. The fraction of sp³-hybridized carbons (Fsp3) is 0.471. The van der Waals surface area contributed by atoms with Crippen LogP contribution in [0.5, 0.6) is 0 Å². The Bertz CT molecular complexity index is 436. The van der Waals surface area contributed by atoms with Crippen molar-refractivity contribution in [2.24, 2.45) is 5.41 Å². The first-order valence-corrected chi connectivity index (χ1v) is 7.05. The zero-order valence-electron chi connectivity index (χ0n) is 11.6. The van der Waals surface area contributed by atoms with Crippen LogP contribution in [0.4, 0.5) is 0 Å². The van der Waals surface area contributed by atoms with Crippen molar-refractivity contribution in [1.82, 2.24) is 0 Å². The van der Waals surface area contributed by atoms with E-state index in [1.165, 1.54) is 31.7 Å². The number of allylic oxidation sites excluding steroid dienone is 2. The van der Waals surface area contributed by atoms with Gasteiger partial charge in [-0.15, -0.1) is 0 Å². The van der Waals surface area contributed by atoms with E-state index in [1.807, 2.05) is 6.07 Å². The highest BCUT2D eigenvalue weighted by molar-refractivity contribution is 5.65. The van der Waals surface area contributed by atoms with Crippen LogP contribution in [0.15, 0.2) is 42.5 Å². The Labute approximate surface area is 115 Å². The van der Waals surface area contributed by atoms with Gasteiger partial charge in [0.1, 0.15) is 0 Å². The highest BCUT2D eigenvalue weighted by Crippen LogP contribution is 2.37. The summed E-state index contributed by atoms with van der Waals surface area (Å²) in [4.78, 5) is 10.9. The Morgan fingerprint density at radius 1 is 1.32 bits per heavy atom. The van der Waals surface area contributed by atoms with Crippen LogP contribution in [0.1, 0.15) is 38.2 Å². The number of hydrogen-bond acceptors (Lipinski definition) is 2. The SMILES string of the molecule is CC(=O)OCCC1(Cc2ccccc2)C=CCCC1. The first-order chi connectivity index (χ1) is 9.20. The summed E-state index contributed by atoms with van der Waals surface area (Å²) in [6, 6.07) is 10.6. The zero-order chi connectivity index (χ0) is 13.6. The van der Waals surface area contributed by atoms with Crippen molar-refractivity contribution < 1.29 is 9.53 Å². The lowest BCUT2D eigenvalue weighted by atomic mass is 9.72. The molecule has 19 heavy (non-hydrogen) atoms. The molecule has 1 atom stereocenters. The minimum atomic E-state index is -0.186. The van der Waals surface area contributed by atoms with Crippen molar-refractivity contribution in [3.8, 4) is 0 Å². The van der Waals surface area contributed by atoms with Gasteiger partial charge in [-0.2, -0.15) is 0 Å². The Morgan fingerprint density at radius 3 is 2.74 bits per heavy atom. The van der Waals surface area contributed by atoms with E-state index >= 15 is 0 Å². The molecule has 0 fully saturated rings. The maximum atomic E-state index is 10.9. The van der Waals surface area contributed by atoms with Crippen molar-refractivity contribution in [2.45, 2.75) is 39.0 Å². The van der Waals surface area contributed by atoms with E-state index in [0.717, 1.165) is 12.8 Å². The minimum Gasteiger partial charge on any atom is -0.466 e. The van der Waals surface area contributed by atoms with Gasteiger partial charge in [0.05, 0.1) is 6.61 Å². The van der Waals surface area contributed by atoms with Gasteiger partial charge in [-0.3, -0.25) is 4.79 Å². The molecular formula is C17H22O2. The number of ether oxygens (including phenoxy) is 1. The van der Waals surface area contributed by atoms with E-state index in [2.05, 4.69) is 36.4 Å². The van der Waals surface area contributed by atoms with E-state index < -0.39 is 0 Å². The van der Waals surface area contributed by atoms with E-state index in [1.54, 1.807) is 0 Å². The van der Waals surface area contributed by atoms with Crippen molar-refractivity contribution >= 4 is 5.97 Å². The number of benzene rings is 1. The molecule has 1 aromatic rings. The molecule has 0 heterocycles. The van der Waals surface area contributed by atoms with Crippen molar-refractivity contribution in [1.29, 1.82) is 0 Å². The summed E-state index contributed by atoms with van der Waals surface area (Å²) >= 11 is 0. The molecule has 0 spiro atoms. The van der Waals surface area contributed by atoms with Crippen LogP contribution in [0.25, 0.3) is 0 Å². The maximum absolute atomic E-state index is 10.9. The van der Waals surface area contributed by atoms with Crippen LogP contribution in [-0.4, -0.2) is 12.6 Å². The lowest BCUT2D eigenvalue weighted by Gasteiger charge is -2.33. The lowest BCUT2D eigenvalue weighted by Crippen LogP contribution is -2.25. The molecule has 1 aliphatic rings. The quantitative estimate of drug-likeness (QED) is 0.591. The molecule has 2 rings (SSSR count). The van der Waals surface area contributed by atoms with E-state index in [4.69, 9.17) is 4.74 Å². The molecule has 0 radical (unpaired) electrons. The predicted molar refractivity (Wildman–Crippen MR) is 76.8 cm³/mol.